The Morgan fingerprint density at radius 1 is 0.975 bits per heavy atom. The molecular weight excluding hydrogens is 529 g/mol. The van der Waals surface area contributed by atoms with E-state index in [4.69, 9.17) is 0 Å². The number of halogens is 1. The molecule has 0 fully saturated rings. The first-order chi connectivity index (χ1) is 19.1. The molecule has 1 N–H and O–H groups in total. The van der Waals surface area contributed by atoms with Crippen LogP contribution in [-0.4, -0.2) is 50.5 Å². The molecule has 214 valence electrons. The zero-order valence-electron chi connectivity index (χ0n) is 23.3. The minimum absolute atomic E-state index is 0.0152. The van der Waals surface area contributed by atoms with Gasteiger partial charge < -0.3 is 10.2 Å². The number of carbonyl (C=O) groups excluding carboxylic acids is 2. The first kappa shape index (κ1) is 30.8. The quantitative estimate of drug-likeness (QED) is 0.302. The molecule has 2 amide bonds. The number of anilines is 1. The molecule has 0 saturated carbocycles. The number of nitrogens with zero attached hydrogens (tertiary/aromatic N) is 2. The molecule has 0 radical (unpaired) electrons. The molecule has 7 nitrogen and oxygen atoms in total. The summed E-state index contributed by atoms with van der Waals surface area (Å²) in [4.78, 5) is 28.5. The Morgan fingerprint density at radius 3 is 2.33 bits per heavy atom. The Kier molecular flexibility index (Phi) is 11.3. The van der Waals surface area contributed by atoms with Crippen LogP contribution in [0, 0.1) is 12.7 Å². The number of nitrogens with one attached hydrogen (secondary N) is 1. The highest BCUT2D eigenvalue weighted by molar-refractivity contribution is 7.92. The van der Waals surface area contributed by atoms with E-state index in [9.17, 15) is 22.4 Å². The average molecular weight is 568 g/mol. The van der Waals surface area contributed by atoms with Crippen molar-refractivity contribution in [3.05, 3.63) is 101 Å². The lowest BCUT2D eigenvalue weighted by Gasteiger charge is -2.32. The molecule has 0 aliphatic heterocycles. The van der Waals surface area contributed by atoms with Crippen molar-refractivity contribution in [2.45, 2.75) is 52.1 Å². The molecule has 0 aliphatic carbocycles. The van der Waals surface area contributed by atoms with Gasteiger partial charge in [-0.2, -0.15) is 0 Å². The van der Waals surface area contributed by atoms with Crippen molar-refractivity contribution in [3.63, 3.8) is 0 Å². The predicted octanol–water partition coefficient (Wildman–Crippen LogP) is 4.85. The third-order valence-corrected chi connectivity index (χ3v) is 7.75. The van der Waals surface area contributed by atoms with E-state index in [0.29, 0.717) is 17.8 Å². The number of carbonyl (C=O) groups is 2. The van der Waals surface area contributed by atoms with Gasteiger partial charge in [0.15, 0.2) is 0 Å². The highest BCUT2D eigenvalue weighted by Gasteiger charge is 2.31. The second kappa shape index (κ2) is 14.6. The van der Waals surface area contributed by atoms with Gasteiger partial charge in [0.25, 0.3) is 0 Å². The largest absolute Gasteiger partial charge is 0.354 e. The lowest BCUT2D eigenvalue weighted by atomic mass is 10.0. The molecule has 0 spiro atoms. The van der Waals surface area contributed by atoms with Crippen LogP contribution in [0.3, 0.4) is 0 Å². The van der Waals surface area contributed by atoms with E-state index < -0.39 is 21.9 Å². The SMILES string of the molecule is CCCNC(=O)C(Cc1ccccc1)N(Cc1ccccc1F)C(=O)CCCN(c1cccc(C)c1)S(C)(=O)=O. The van der Waals surface area contributed by atoms with Crippen LogP contribution in [-0.2, 0) is 32.6 Å². The van der Waals surface area contributed by atoms with Crippen molar-refractivity contribution in [2.24, 2.45) is 0 Å². The number of sulfonamides is 1. The fourth-order valence-corrected chi connectivity index (χ4v) is 5.47. The van der Waals surface area contributed by atoms with Crippen LogP contribution in [0.25, 0.3) is 0 Å². The van der Waals surface area contributed by atoms with Crippen molar-refractivity contribution in [3.8, 4) is 0 Å². The monoisotopic (exact) mass is 567 g/mol. The molecule has 0 heterocycles. The molecule has 9 heteroatoms. The second-order valence-electron chi connectivity index (χ2n) is 9.89. The summed E-state index contributed by atoms with van der Waals surface area (Å²) in [7, 11) is -3.59. The number of hydrogen-bond acceptors (Lipinski definition) is 4. The zero-order chi connectivity index (χ0) is 29.1. The van der Waals surface area contributed by atoms with Crippen molar-refractivity contribution < 1.29 is 22.4 Å². The number of aryl methyl sites for hydroxylation is 1. The summed E-state index contributed by atoms with van der Waals surface area (Å²) in [6, 6.07) is 21.9. The number of amides is 2. The van der Waals surface area contributed by atoms with Crippen LogP contribution >= 0.6 is 0 Å². The van der Waals surface area contributed by atoms with Crippen LogP contribution in [0.4, 0.5) is 10.1 Å². The second-order valence-corrected chi connectivity index (χ2v) is 11.8. The Balaban J connectivity index is 1.88. The van der Waals surface area contributed by atoms with E-state index in [2.05, 4.69) is 5.32 Å². The van der Waals surface area contributed by atoms with Crippen molar-refractivity contribution >= 4 is 27.5 Å². The molecule has 1 atom stereocenters. The number of benzene rings is 3. The van der Waals surface area contributed by atoms with E-state index in [0.717, 1.165) is 23.8 Å². The van der Waals surface area contributed by atoms with Crippen molar-refractivity contribution in [1.82, 2.24) is 10.2 Å². The molecular formula is C31H38FN3O4S. The van der Waals surface area contributed by atoms with Crippen LogP contribution in [0.5, 0.6) is 0 Å². The Morgan fingerprint density at radius 2 is 1.68 bits per heavy atom. The Hall–Kier alpha value is -3.72. The summed E-state index contributed by atoms with van der Waals surface area (Å²) in [6.07, 6.45) is 2.33. The number of rotatable bonds is 14. The maximum Gasteiger partial charge on any atom is 0.243 e. The average Bonchev–Trinajstić information content (AvgIpc) is 2.92. The van der Waals surface area contributed by atoms with Gasteiger partial charge in [-0.1, -0.05) is 67.6 Å². The molecule has 0 aliphatic rings. The van der Waals surface area contributed by atoms with E-state index in [1.165, 1.54) is 15.3 Å². The first-order valence-corrected chi connectivity index (χ1v) is 15.3. The van der Waals surface area contributed by atoms with E-state index in [-0.39, 0.29) is 44.2 Å². The summed E-state index contributed by atoms with van der Waals surface area (Å²) >= 11 is 0. The van der Waals surface area contributed by atoms with Gasteiger partial charge in [0.1, 0.15) is 11.9 Å². The van der Waals surface area contributed by atoms with Gasteiger partial charge in [-0.3, -0.25) is 13.9 Å². The summed E-state index contributed by atoms with van der Waals surface area (Å²) < 4.78 is 41.1. The van der Waals surface area contributed by atoms with E-state index >= 15 is 0 Å². The summed E-state index contributed by atoms with van der Waals surface area (Å²) in [5.74, 6) is -1.13. The smallest absolute Gasteiger partial charge is 0.243 e. The van der Waals surface area contributed by atoms with Crippen LogP contribution < -0.4 is 9.62 Å². The fourth-order valence-electron chi connectivity index (χ4n) is 4.52. The maximum absolute atomic E-state index is 14.7. The van der Waals surface area contributed by atoms with Gasteiger partial charge in [-0.05, 0) is 49.1 Å². The van der Waals surface area contributed by atoms with Crippen LogP contribution in [0.1, 0.15) is 42.9 Å². The predicted molar refractivity (Wildman–Crippen MR) is 157 cm³/mol. The normalized spacial score (nSPS) is 12.0. The van der Waals surface area contributed by atoms with Gasteiger partial charge in [-0.15, -0.1) is 0 Å². The summed E-state index contributed by atoms with van der Waals surface area (Å²) in [5, 5.41) is 2.90. The lowest BCUT2D eigenvalue weighted by molar-refractivity contribution is -0.141. The molecule has 40 heavy (non-hydrogen) atoms. The first-order valence-electron chi connectivity index (χ1n) is 13.5. The van der Waals surface area contributed by atoms with Gasteiger partial charge in [0, 0.05) is 38.0 Å². The lowest BCUT2D eigenvalue weighted by Crippen LogP contribution is -2.50. The van der Waals surface area contributed by atoms with Crippen LogP contribution in [0.2, 0.25) is 0 Å². The molecule has 3 aromatic carbocycles. The van der Waals surface area contributed by atoms with E-state index in [1.54, 1.807) is 36.4 Å². The molecule has 0 aromatic heterocycles. The van der Waals surface area contributed by atoms with Crippen molar-refractivity contribution in [2.75, 3.05) is 23.7 Å². The molecule has 3 aromatic rings. The topological polar surface area (TPSA) is 86.8 Å². The number of hydrogen-bond donors (Lipinski definition) is 1. The summed E-state index contributed by atoms with van der Waals surface area (Å²) in [5.41, 5.74) is 2.61. The molecule has 0 bridgehead atoms. The zero-order valence-corrected chi connectivity index (χ0v) is 24.2. The highest BCUT2D eigenvalue weighted by Crippen LogP contribution is 2.21. The maximum atomic E-state index is 14.7. The van der Waals surface area contributed by atoms with E-state index in [1.807, 2.05) is 50.2 Å². The molecule has 1 unspecified atom stereocenters. The fraction of sp³-hybridized carbons (Fsp3) is 0.355. The van der Waals surface area contributed by atoms with Crippen LogP contribution in [0.15, 0.2) is 78.9 Å². The Bertz CT molecular complexity index is 1380. The summed E-state index contributed by atoms with van der Waals surface area (Å²) in [6.45, 7) is 4.27. The minimum atomic E-state index is -3.59. The minimum Gasteiger partial charge on any atom is -0.354 e. The molecule has 3 rings (SSSR count). The van der Waals surface area contributed by atoms with Gasteiger partial charge in [0.05, 0.1) is 11.9 Å². The van der Waals surface area contributed by atoms with Gasteiger partial charge >= 0.3 is 0 Å². The van der Waals surface area contributed by atoms with Crippen molar-refractivity contribution in [1.29, 1.82) is 0 Å². The molecule has 0 saturated heterocycles. The van der Waals surface area contributed by atoms with Gasteiger partial charge in [0.2, 0.25) is 21.8 Å². The Labute approximate surface area is 237 Å². The third-order valence-electron chi connectivity index (χ3n) is 6.56. The standard InChI is InChI=1S/C31H38FN3O4S/c1-4-19-33-31(37)29(22-25-13-6-5-7-14-25)34(23-26-15-8-9-17-28(26)32)30(36)18-11-20-35(40(3,38)39)27-16-10-12-24(2)21-27/h5-10,12-17,21,29H,4,11,18-20,22-23H2,1-3H3,(H,33,37). The van der Waals surface area contributed by atoms with Gasteiger partial charge in [-0.25, -0.2) is 12.8 Å². The third kappa shape index (κ3) is 8.91. The highest BCUT2D eigenvalue weighted by atomic mass is 32.2.